The first-order valence-corrected chi connectivity index (χ1v) is 7.61. The van der Waals surface area contributed by atoms with E-state index in [4.69, 9.17) is 4.74 Å². The van der Waals surface area contributed by atoms with Crippen molar-refractivity contribution < 1.29 is 9.53 Å². The molecule has 1 aliphatic rings. The molecule has 21 heavy (non-hydrogen) atoms. The number of methoxy groups -OCH3 is 1. The molecule has 3 atom stereocenters. The van der Waals surface area contributed by atoms with Crippen LogP contribution in [-0.4, -0.2) is 13.0 Å². The molecule has 1 saturated carbocycles. The second-order valence-corrected chi connectivity index (χ2v) is 6.20. The second kappa shape index (κ2) is 6.79. The lowest BCUT2D eigenvalue weighted by atomic mass is 9.71. The molecule has 0 aliphatic heterocycles. The Kier molecular flexibility index (Phi) is 5.05. The average Bonchev–Trinajstić information content (AvgIpc) is 2.47. The van der Waals surface area contributed by atoms with E-state index in [2.05, 4.69) is 18.8 Å². The van der Waals surface area contributed by atoms with Crippen molar-refractivity contribution in [3.05, 3.63) is 36.4 Å². The van der Waals surface area contributed by atoms with Crippen molar-refractivity contribution in [3.63, 3.8) is 0 Å². The largest absolute Gasteiger partial charge is 0.497 e. The van der Waals surface area contributed by atoms with Gasteiger partial charge in [-0.1, -0.05) is 25.5 Å². The number of anilines is 1. The third-order valence-electron chi connectivity index (χ3n) is 4.44. The van der Waals surface area contributed by atoms with Crippen LogP contribution in [-0.2, 0) is 4.79 Å². The molecule has 0 saturated heterocycles. The van der Waals surface area contributed by atoms with E-state index in [1.54, 1.807) is 7.11 Å². The van der Waals surface area contributed by atoms with Crippen LogP contribution in [0.2, 0.25) is 0 Å². The number of ether oxygens (including phenoxy) is 1. The molecule has 114 valence electrons. The van der Waals surface area contributed by atoms with Crippen LogP contribution < -0.4 is 10.1 Å². The molecular formula is C18H25NO2. The van der Waals surface area contributed by atoms with Crippen LogP contribution in [0.15, 0.2) is 36.4 Å². The Morgan fingerprint density at radius 1 is 1.24 bits per heavy atom. The third-order valence-corrected chi connectivity index (χ3v) is 4.44. The zero-order valence-electron chi connectivity index (χ0n) is 13.2. The highest BCUT2D eigenvalue weighted by Crippen LogP contribution is 2.38. The topological polar surface area (TPSA) is 38.3 Å². The van der Waals surface area contributed by atoms with Gasteiger partial charge >= 0.3 is 0 Å². The summed E-state index contributed by atoms with van der Waals surface area (Å²) in [5.74, 6) is 1.85. The van der Waals surface area contributed by atoms with E-state index >= 15 is 0 Å². The lowest BCUT2D eigenvalue weighted by Gasteiger charge is -2.34. The Morgan fingerprint density at radius 3 is 2.48 bits per heavy atom. The summed E-state index contributed by atoms with van der Waals surface area (Å²) in [6.07, 6.45) is 3.19. The predicted octanol–water partition coefficient (Wildman–Crippen LogP) is 4.26. The summed E-state index contributed by atoms with van der Waals surface area (Å²) in [4.78, 5) is 12.6. The number of hydrogen-bond donors (Lipinski definition) is 1. The number of rotatable bonds is 4. The van der Waals surface area contributed by atoms with Crippen molar-refractivity contribution in [1.29, 1.82) is 0 Å². The van der Waals surface area contributed by atoms with E-state index in [0.29, 0.717) is 11.8 Å². The van der Waals surface area contributed by atoms with E-state index in [1.165, 1.54) is 6.42 Å². The maximum Gasteiger partial charge on any atom is 0.228 e. The maximum atomic E-state index is 12.6. The minimum absolute atomic E-state index is 0.0355. The van der Waals surface area contributed by atoms with Crippen molar-refractivity contribution in [2.75, 3.05) is 12.4 Å². The Labute approximate surface area is 127 Å². The molecule has 1 aromatic carbocycles. The van der Waals surface area contributed by atoms with Crippen molar-refractivity contribution in [2.24, 2.45) is 17.8 Å². The van der Waals surface area contributed by atoms with Crippen molar-refractivity contribution in [1.82, 2.24) is 0 Å². The number of carbonyl (C=O) groups excluding carboxylic acids is 1. The van der Waals surface area contributed by atoms with Crippen LogP contribution >= 0.6 is 0 Å². The molecule has 1 aromatic rings. The second-order valence-electron chi connectivity index (χ2n) is 6.20. The van der Waals surface area contributed by atoms with Crippen LogP contribution in [0.1, 0.15) is 33.1 Å². The Balaban J connectivity index is 2.07. The molecule has 0 bridgehead atoms. The molecule has 1 fully saturated rings. The first kappa shape index (κ1) is 15.6. The summed E-state index contributed by atoms with van der Waals surface area (Å²) in [7, 11) is 1.63. The van der Waals surface area contributed by atoms with Gasteiger partial charge in [0.1, 0.15) is 5.75 Å². The summed E-state index contributed by atoms with van der Waals surface area (Å²) in [6, 6.07) is 7.46. The van der Waals surface area contributed by atoms with Crippen molar-refractivity contribution in [2.45, 2.75) is 33.1 Å². The highest BCUT2D eigenvalue weighted by molar-refractivity contribution is 5.93. The van der Waals surface area contributed by atoms with Crippen LogP contribution in [0.5, 0.6) is 5.75 Å². The highest BCUT2D eigenvalue weighted by atomic mass is 16.5. The summed E-state index contributed by atoms with van der Waals surface area (Å²) in [5, 5.41) is 3.03. The molecule has 0 heterocycles. The van der Waals surface area contributed by atoms with E-state index in [-0.39, 0.29) is 11.8 Å². The summed E-state index contributed by atoms with van der Waals surface area (Å²) in [5.41, 5.74) is 1.94. The molecule has 3 heteroatoms. The fourth-order valence-corrected chi connectivity index (χ4v) is 3.17. The minimum atomic E-state index is 0.0355. The van der Waals surface area contributed by atoms with Gasteiger partial charge in [-0.3, -0.25) is 4.79 Å². The Bertz CT molecular complexity index is 506. The first-order valence-electron chi connectivity index (χ1n) is 7.61. The van der Waals surface area contributed by atoms with Gasteiger partial charge in [-0.05, 0) is 55.9 Å². The Hall–Kier alpha value is -1.77. The zero-order chi connectivity index (χ0) is 15.4. The number of carbonyl (C=O) groups is 1. The Morgan fingerprint density at radius 2 is 1.90 bits per heavy atom. The monoisotopic (exact) mass is 287 g/mol. The zero-order valence-corrected chi connectivity index (χ0v) is 13.2. The summed E-state index contributed by atoms with van der Waals surface area (Å²) >= 11 is 0. The summed E-state index contributed by atoms with van der Waals surface area (Å²) < 4.78 is 5.13. The molecule has 2 rings (SSSR count). The lowest BCUT2D eigenvalue weighted by molar-refractivity contribution is -0.122. The third kappa shape index (κ3) is 3.87. The molecule has 1 amide bonds. The molecule has 1 N–H and O–H groups in total. The number of amides is 1. The van der Waals surface area contributed by atoms with Gasteiger partial charge in [-0.15, -0.1) is 0 Å². The fraction of sp³-hybridized carbons (Fsp3) is 0.500. The van der Waals surface area contributed by atoms with E-state index in [1.807, 2.05) is 31.2 Å². The fourth-order valence-electron chi connectivity index (χ4n) is 3.17. The normalized spacial score (nSPS) is 25.2. The molecule has 0 spiro atoms. The number of hydrogen-bond acceptors (Lipinski definition) is 2. The molecular weight excluding hydrogens is 262 g/mol. The van der Waals surface area contributed by atoms with Gasteiger partial charge in [-0.2, -0.15) is 0 Å². The predicted molar refractivity (Wildman–Crippen MR) is 86.4 cm³/mol. The maximum absolute atomic E-state index is 12.6. The number of benzene rings is 1. The van der Waals surface area contributed by atoms with Gasteiger partial charge in [0.2, 0.25) is 5.91 Å². The van der Waals surface area contributed by atoms with Gasteiger partial charge < -0.3 is 10.1 Å². The summed E-state index contributed by atoms with van der Waals surface area (Å²) in [6.45, 7) is 8.33. The van der Waals surface area contributed by atoms with E-state index in [0.717, 1.165) is 29.9 Å². The smallest absolute Gasteiger partial charge is 0.228 e. The van der Waals surface area contributed by atoms with Crippen molar-refractivity contribution >= 4 is 11.6 Å². The molecule has 0 aromatic heterocycles. The highest BCUT2D eigenvalue weighted by Gasteiger charge is 2.34. The van der Waals surface area contributed by atoms with Crippen LogP contribution in [0, 0.1) is 17.8 Å². The molecule has 3 nitrogen and oxygen atoms in total. The minimum Gasteiger partial charge on any atom is -0.497 e. The van der Waals surface area contributed by atoms with Crippen LogP contribution in [0.4, 0.5) is 5.69 Å². The average molecular weight is 287 g/mol. The first-order chi connectivity index (χ1) is 10.0. The quantitative estimate of drug-likeness (QED) is 0.840. The molecule has 0 radical (unpaired) electrons. The van der Waals surface area contributed by atoms with Crippen molar-refractivity contribution in [3.8, 4) is 5.75 Å². The van der Waals surface area contributed by atoms with Gasteiger partial charge in [0, 0.05) is 11.6 Å². The van der Waals surface area contributed by atoms with E-state index in [9.17, 15) is 4.79 Å². The van der Waals surface area contributed by atoms with E-state index < -0.39 is 0 Å². The van der Waals surface area contributed by atoms with Crippen LogP contribution in [0.25, 0.3) is 0 Å². The number of nitrogens with one attached hydrogen (secondary N) is 1. The van der Waals surface area contributed by atoms with Crippen LogP contribution in [0.3, 0.4) is 0 Å². The molecule has 3 unspecified atom stereocenters. The van der Waals surface area contributed by atoms with Gasteiger partial charge in [0.05, 0.1) is 7.11 Å². The lowest BCUT2D eigenvalue weighted by Crippen LogP contribution is -2.34. The van der Waals surface area contributed by atoms with Gasteiger partial charge in [0.15, 0.2) is 0 Å². The standard InChI is InChI=1S/C18H25NO2/c1-12(2)16-10-5-13(3)11-17(16)18(20)19-14-6-8-15(21-4)9-7-14/h6-9,13,16-17H,1,5,10-11H2,2-4H3,(H,19,20). The SMILES string of the molecule is C=C(C)C1CCC(C)CC1C(=O)Nc1ccc(OC)cc1. The number of allylic oxidation sites excluding steroid dienone is 1. The molecule has 1 aliphatic carbocycles. The van der Waals surface area contributed by atoms with Gasteiger partial charge in [0.25, 0.3) is 0 Å². The van der Waals surface area contributed by atoms with Gasteiger partial charge in [-0.25, -0.2) is 0 Å².